The van der Waals surface area contributed by atoms with Gasteiger partial charge in [0, 0.05) is 11.3 Å². The molecule has 8 heteroatoms. The Hall–Kier alpha value is -2.51. The van der Waals surface area contributed by atoms with Crippen LogP contribution in [-0.4, -0.2) is 5.91 Å². The van der Waals surface area contributed by atoms with Crippen molar-refractivity contribution in [2.75, 3.05) is 5.32 Å². The van der Waals surface area contributed by atoms with E-state index in [-0.39, 0.29) is 17.0 Å². The number of amides is 1. The third-order valence-electron chi connectivity index (χ3n) is 3.86. The van der Waals surface area contributed by atoms with Gasteiger partial charge in [0.1, 0.15) is 0 Å². The van der Waals surface area contributed by atoms with Gasteiger partial charge in [0.05, 0.1) is 11.1 Å². The summed E-state index contributed by atoms with van der Waals surface area (Å²) in [7, 11) is 0. The molecule has 0 aromatic heterocycles. The predicted octanol–water partition coefficient (Wildman–Crippen LogP) is 6.27. The van der Waals surface area contributed by atoms with Crippen molar-refractivity contribution in [1.82, 2.24) is 0 Å². The molecule has 0 fully saturated rings. The predicted molar refractivity (Wildman–Crippen MR) is 89.5 cm³/mol. The highest BCUT2D eigenvalue weighted by Gasteiger charge is 2.37. The SMILES string of the molecule is CC(C)(C)c1ccc(C(=O)Nc2cc(C(F)(F)F)cc(C(F)(F)F)c2)cc1. The number of carbonyl (C=O) groups excluding carboxylic acids is 1. The first kappa shape index (κ1) is 20.8. The Balaban J connectivity index is 2.34. The number of benzene rings is 2. The summed E-state index contributed by atoms with van der Waals surface area (Å²) in [5.41, 5.74) is -2.68. The average molecular weight is 389 g/mol. The van der Waals surface area contributed by atoms with E-state index in [2.05, 4.69) is 5.32 Å². The third kappa shape index (κ3) is 5.24. The van der Waals surface area contributed by atoms with Gasteiger partial charge in [-0.25, -0.2) is 0 Å². The van der Waals surface area contributed by atoms with Crippen LogP contribution in [0.15, 0.2) is 42.5 Å². The van der Waals surface area contributed by atoms with E-state index in [0.717, 1.165) is 5.56 Å². The number of hydrogen-bond acceptors (Lipinski definition) is 1. The Bertz CT molecular complexity index is 797. The fraction of sp³-hybridized carbons (Fsp3) is 0.316. The smallest absolute Gasteiger partial charge is 0.322 e. The maximum Gasteiger partial charge on any atom is 0.416 e. The van der Waals surface area contributed by atoms with E-state index in [1.54, 1.807) is 12.1 Å². The fourth-order valence-corrected chi connectivity index (χ4v) is 2.35. The van der Waals surface area contributed by atoms with Crippen LogP contribution >= 0.6 is 0 Å². The highest BCUT2D eigenvalue weighted by Crippen LogP contribution is 2.37. The summed E-state index contributed by atoms with van der Waals surface area (Å²) in [4.78, 5) is 12.2. The number of rotatable bonds is 2. The first-order valence-electron chi connectivity index (χ1n) is 7.89. The lowest BCUT2D eigenvalue weighted by atomic mass is 9.87. The molecule has 0 atom stereocenters. The topological polar surface area (TPSA) is 29.1 Å². The first-order valence-corrected chi connectivity index (χ1v) is 7.89. The second-order valence-corrected chi connectivity index (χ2v) is 7.08. The van der Waals surface area contributed by atoms with Gasteiger partial charge in [0.25, 0.3) is 5.91 Å². The molecule has 0 bridgehead atoms. The average Bonchev–Trinajstić information content (AvgIpc) is 2.52. The van der Waals surface area contributed by atoms with Crippen LogP contribution in [0.5, 0.6) is 0 Å². The Kier molecular flexibility index (Phi) is 5.32. The van der Waals surface area contributed by atoms with Gasteiger partial charge < -0.3 is 5.32 Å². The quantitative estimate of drug-likeness (QED) is 0.602. The summed E-state index contributed by atoms with van der Waals surface area (Å²) in [5, 5.41) is 2.10. The number of anilines is 1. The van der Waals surface area contributed by atoms with E-state index >= 15 is 0 Å². The molecule has 0 saturated carbocycles. The molecule has 0 spiro atoms. The van der Waals surface area contributed by atoms with Gasteiger partial charge in [-0.15, -0.1) is 0 Å². The van der Waals surface area contributed by atoms with Crippen LogP contribution in [0.25, 0.3) is 0 Å². The molecule has 0 heterocycles. The van der Waals surface area contributed by atoms with Crippen LogP contribution in [0.4, 0.5) is 32.0 Å². The van der Waals surface area contributed by atoms with Crippen molar-refractivity contribution >= 4 is 11.6 Å². The van der Waals surface area contributed by atoms with Crippen molar-refractivity contribution in [1.29, 1.82) is 0 Å². The second-order valence-electron chi connectivity index (χ2n) is 7.08. The van der Waals surface area contributed by atoms with Crippen molar-refractivity contribution in [2.24, 2.45) is 0 Å². The lowest BCUT2D eigenvalue weighted by molar-refractivity contribution is -0.143. The summed E-state index contributed by atoms with van der Waals surface area (Å²) < 4.78 is 77.2. The molecule has 27 heavy (non-hydrogen) atoms. The zero-order valence-electron chi connectivity index (χ0n) is 14.7. The summed E-state index contributed by atoms with van der Waals surface area (Å²) in [6, 6.07) is 7.24. The monoisotopic (exact) mass is 389 g/mol. The lowest BCUT2D eigenvalue weighted by Crippen LogP contribution is -2.16. The molecule has 0 unspecified atom stereocenters. The first-order chi connectivity index (χ1) is 12.2. The van der Waals surface area contributed by atoms with Crippen LogP contribution in [0.2, 0.25) is 0 Å². The molecule has 2 rings (SSSR count). The van der Waals surface area contributed by atoms with Crippen LogP contribution < -0.4 is 5.32 Å². The van der Waals surface area contributed by atoms with E-state index in [0.29, 0.717) is 12.1 Å². The maximum absolute atomic E-state index is 12.9. The molecule has 0 saturated heterocycles. The van der Waals surface area contributed by atoms with E-state index < -0.39 is 35.1 Å². The minimum Gasteiger partial charge on any atom is -0.322 e. The van der Waals surface area contributed by atoms with Gasteiger partial charge in [-0.3, -0.25) is 4.79 Å². The molecule has 0 aliphatic carbocycles. The molecule has 1 amide bonds. The minimum atomic E-state index is -4.98. The molecule has 2 nitrogen and oxygen atoms in total. The highest BCUT2D eigenvalue weighted by atomic mass is 19.4. The van der Waals surface area contributed by atoms with Gasteiger partial charge >= 0.3 is 12.4 Å². The third-order valence-corrected chi connectivity index (χ3v) is 3.86. The maximum atomic E-state index is 12.9. The minimum absolute atomic E-state index is 0.00772. The van der Waals surface area contributed by atoms with Gasteiger partial charge in [-0.1, -0.05) is 32.9 Å². The van der Waals surface area contributed by atoms with Crippen LogP contribution in [0.3, 0.4) is 0 Å². The largest absolute Gasteiger partial charge is 0.416 e. The Labute approximate surface area is 152 Å². The Morgan fingerprint density at radius 2 is 1.19 bits per heavy atom. The number of carbonyl (C=O) groups is 1. The summed E-state index contributed by atoms with van der Waals surface area (Å²) in [5.74, 6) is -0.803. The summed E-state index contributed by atoms with van der Waals surface area (Å²) in [6.07, 6.45) is -9.95. The van der Waals surface area contributed by atoms with E-state index in [9.17, 15) is 31.1 Å². The Morgan fingerprint density at radius 1 is 0.741 bits per heavy atom. The zero-order chi connectivity index (χ0) is 20.6. The molecule has 1 N–H and O–H groups in total. The normalized spacial score (nSPS) is 12.8. The van der Waals surface area contributed by atoms with E-state index in [1.165, 1.54) is 12.1 Å². The molecule has 2 aromatic carbocycles. The number of nitrogens with one attached hydrogen (secondary N) is 1. The molecular weight excluding hydrogens is 372 g/mol. The number of hydrogen-bond donors (Lipinski definition) is 1. The van der Waals surface area contributed by atoms with Crippen LogP contribution in [0.1, 0.15) is 47.8 Å². The molecule has 146 valence electrons. The molecule has 0 aliphatic rings. The zero-order valence-corrected chi connectivity index (χ0v) is 14.7. The fourth-order valence-electron chi connectivity index (χ4n) is 2.35. The van der Waals surface area contributed by atoms with Gasteiger partial charge in [-0.05, 0) is 41.3 Å². The van der Waals surface area contributed by atoms with E-state index in [1.807, 2.05) is 20.8 Å². The number of alkyl halides is 6. The van der Waals surface area contributed by atoms with Crippen molar-refractivity contribution in [3.63, 3.8) is 0 Å². The van der Waals surface area contributed by atoms with Gasteiger partial charge in [0.15, 0.2) is 0 Å². The molecule has 2 aromatic rings. The highest BCUT2D eigenvalue weighted by molar-refractivity contribution is 6.04. The van der Waals surface area contributed by atoms with Gasteiger partial charge in [0.2, 0.25) is 0 Å². The van der Waals surface area contributed by atoms with Crippen molar-refractivity contribution in [3.8, 4) is 0 Å². The van der Waals surface area contributed by atoms with E-state index in [4.69, 9.17) is 0 Å². The van der Waals surface area contributed by atoms with Crippen molar-refractivity contribution < 1.29 is 31.1 Å². The van der Waals surface area contributed by atoms with Crippen LogP contribution in [0, 0.1) is 0 Å². The lowest BCUT2D eigenvalue weighted by Gasteiger charge is -2.19. The van der Waals surface area contributed by atoms with Crippen molar-refractivity contribution in [2.45, 2.75) is 38.5 Å². The summed E-state index contributed by atoms with van der Waals surface area (Å²) in [6.45, 7) is 5.89. The summed E-state index contributed by atoms with van der Waals surface area (Å²) >= 11 is 0. The van der Waals surface area contributed by atoms with Gasteiger partial charge in [-0.2, -0.15) is 26.3 Å². The number of halogens is 6. The molecule has 0 aliphatic heterocycles. The molecule has 0 radical (unpaired) electrons. The van der Waals surface area contributed by atoms with Crippen molar-refractivity contribution in [3.05, 3.63) is 64.7 Å². The Morgan fingerprint density at radius 3 is 1.56 bits per heavy atom. The van der Waals surface area contributed by atoms with Crippen LogP contribution in [-0.2, 0) is 17.8 Å². The standard InChI is InChI=1S/C19H17F6NO/c1-17(2,3)12-6-4-11(5-7-12)16(27)26-15-9-13(18(20,21)22)8-14(10-15)19(23,24)25/h4-10H,1-3H3,(H,26,27). The second kappa shape index (κ2) is 6.90. The molecular formula is C19H17F6NO.